The smallest absolute Gasteiger partial charge is 0.122 e. The summed E-state index contributed by atoms with van der Waals surface area (Å²) in [6.07, 6.45) is 3.63. The van der Waals surface area contributed by atoms with Gasteiger partial charge in [-0.25, -0.2) is 4.98 Å². The highest BCUT2D eigenvalue weighted by Gasteiger charge is 2.12. The van der Waals surface area contributed by atoms with Crippen molar-refractivity contribution in [3.63, 3.8) is 0 Å². The van der Waals surface area contributed by atoms with Crippen molar-refractivity contribution < 1.29 is 0 Å². The zero-order chi connectivity index (χ0) is 10.7. The molecular formula is C11H15N3S. The quantitative estimate of drug-likeness (QED) is 0.833. The lowest BCUT2D eigenvalue weighted by Gasteiger charge is -2.17. The number of aromatic amines is 1. The van der Waals surface area contributed by atoms with E-state index in [0.717, 1.165) is 5.82 Å². The number of nitrogens with zero attached hydrogens (tertiary/aromatic N) is 1. The normalized spacial score (nSPS) is 15.1. The van der Waals surface area contributed by atoms with Gasteiger partial charge in [0.2, 0.25) is 0 Å². The first-order valence-electron chi connectivity index (χ1n) is 5.05. The first-order chi connectivity index (χ1) is 7.27. The number of imidazole rings is 1. The average Bonchev–Trinajstić information content (AvgIpc) is 2.91. The lowest BCUT2D eigenvalue weighted by atomic mass is 10.1. The Morgan fingerprint density at radius 2 is 2.27 bits per heavy atom. The molecule has 0 saturated heterocycles. The van der Waals surface area contributed by atoms with Crippen molar-refractivity contribution in [3.8, 4) is 0 Å². The van der Waals surface area contributed by atoms with E-state index in [1.807, 2.05) is 6.20 Å². The molecule has 2 rings (SSSR count). The maximum absolute atomic E-state index is 4.24. The molecule has 2 aromatic heterocycles. The van der Waals surface area contributed by atoms with Gasteiger partial charge in [-0.05, 0) is 36.2 Å². The Kier molecular flexibility index (Phi) is 3.18. The zero-order valence-corrected chi connectivity index (χ0v) is 9.71. The fraction of sp³-hybridized carbons (Fsp3) is 0.364. The number of H-pyrrole nitrogens is 1. The van der Waals surface area contributed by atoms with Gasteiger partial charge in [-0.15, -0.1) is 0 Å². The average molecular weight is 221 g/mol. The number of rotatable bonds is 4. The Bertz CT molecular complexity index is 342. The molecule has 2 unspecified atom stereocenters. The van der Waals surface area contributed by atoms with Gasteiger partial charge in [0.05, 0.1) is 6.04 Å². The lowest BCUT2D eigenvalue weighted by molar-refractivity contribution is 0.480. The summed E-state index contributed by atoms with van der Waals surface area (Å²) >= 11 is 1.73. The summed E-state index contributed by atoms with van der Waals surface area (Å²) in [6.45, 7) is 4.28. The molecule has 0 fully saturated rings. The molecule has 2 heterocycles. The third kappa shape index (κ3) is 2.46. The minimum Gasteiger partial charge on any atom is -0.347 e. The van der Waals surface area contributed by atoms with Crippen LogP contribution in [0.15, 0.2) is 29.2 Å². The number of aromatic nitrogens is 2. The molecule has 0 aromatic carbocycles. The Balaban J connectivity index is 1.98. The van der Waals surface area contributed by atoms with Crippen LogP contribution in [0.5, 0.6) is 0 Å². The fourth-order valence-corrected chi connectivity index (χ4v) is 2.34. The molecule has 0 aliphatic carbocycles. The van der Waals surface area contributed by atoms with Gasteiger partial charge in [-0.2, -0.15) is 11.3 Å². The van der Waals surface area contributed by atoms with E-state index in [4.69, 9.17) is 0 Å². The molecule has 0 amide bonds. The molecule has 2 atom stereocenters. The summed E-state index contributed by atoms with van der Waals surface area (Å²) in [5, 5.41) is 7.77. The van der Waals surface area contributed by atoms with Crippen molar-refractivity contribution >= 4 is 11.3 Å². The van der Waals surface area contributed by atoms with Crippen LogP contribution in [0, 0.1) is 0 Å². The van der Waals surface area contributed by atoms with Gasteiger partial charge in [0, 0.05) is 18.4 Å². The first kappa shape index (κ1) is 10.4. The molecule has 0 saturated carbocycles. The number of hydrogen-bond donors (Lipinski definition) is 2. The highest BCUT2D eigenvalue weighted by atomic mass is 32.1. The highest BCUT2D eigenvalue weighted by molar-refractivity contribution is 7.07. The lowest BCUT2D eigenvalue weighted by Crippen LogP contribution is -2.22. The van der Waals surface area contributed by atoms with E-state index in [2.05, 4.69) is 46.0 Å². The monoisotopic (exact) mass is 221 g/mol. The third-order valence-electron chi connectivity index (χ3n) is 2.47. The van der Waals surface area contributed by atoms with Crippen molar-refractivity contribution in [3.05, 3.63) is 40.6 Å². The van der Waals surface area contributed by atoms with E-state index < -0.39 is 0 Å². The topological polar surface area (TPSA) is 40.7 Å². The van der Waals surface area contributed by atoms with Gasteiger partial charge in [-0.3, -0.25) is 0 Å². The van der Waals surface area contributed by atoms with E-state index in [1.54, 1.807) is 17.5 Å². The molecule has 0 bridgehead atoms. The van der Waals surface area contributed by atoms with E-state index in [-0.39, 0.29) is 6.04 Å². The summed E-state index contributed by atoms with van der Waals surface area (Å²) in [5.41, 5.74) is 1.33. The van der Waals surface area contributed by atoms with Gasteiger partial charge in [0.25, 0.3) is 0 Å². The second-order valence-corrected chi connectivity index (χ2v) is 4.42. The predicted octanol–water partition coefficient (Wildman–Crippen LogP) is 2.88. The van der Waals surface area contributed by atoms with Crippen LogP contribution in [-0.2, 0) is 0 Å². The van der Waals surface area contributed by atoms with Crippen LogP contribution in [0.25, 0.3) is 0 Å². The van der Waals surface area contributed by atoms with E-state index in [1.165, 1.54) is 5.56 Å². The maximum atomic E-state index is 4.24. The minimum absolute atomic E-state index is 0.245. The van der Waals surface area contributed by atoms with Crippen molar-refractivity contribution in [1.82, 2.24) is 15.3 Å². The molecule has 0 aliphatic heterocycles. The fourth-order valence-electron chi connectivity index (χ4n) is 1.59. The first-order valence-corrected chi connectivity index (χ1v) is 5.99. The molecule has 2 aromatic rings. The molecule has 3 nitrogen and oxygen atoms in total. The molecule has 4 heteroatoms. The Morgan fingerprint density at radius 1 is 1.40 bits per heavy atom. The zero-order valence-electron chi connectivity index (χ0n) is 8.90. The molecule has 15 heavy (non-hydrogen) atoms. The predicted molar refractivity (Wildman–Crippen MR) is 62.9 cm³/mol. The largest absolute Gasteiger partial charge is 0.347 e. The number of hydrogen-bond acceptors (Lipinski definition) is 3. The summed E-state index contributed by atoms with van der Waals surface area (Å²) < 4.78 is 0. The summed E-state index contributed by atoms with van der Waals surface area (Å²) in [7, 11) is 0. The molecule has 0 spiro atoms. The number of nitrogens with one attached hydrogen (secondary N) is 2. The standard InChI is InChI=1S/C11H15N3S/c1-8(10-3-6-15-7-10)14-9(2)11-12-4-5-13-11/h3-9,14H,1-2H3,(H,12,13). The van der Waals surface area contributed by atoms with Crippen LogP contribution in [0.1, 0.15) is 37.3 Å². The summed E-state index contributed by atoms with van der Waals surface area (Å²) in [5.74, 6) is 0.983. The van der Waals surface area contributed by atoms with Crippen molar-refractivity contribution in [2.24, 2.45) is 0 Å². The molecular weight excluding hydrogens is 206 g/mol. The van der Waals surface area contributed by atoms with Crippen molar-refractivity contribution in [1.29, 1.82) is 0 Å². The van der Waals surface area contributed by atoms with Gasteiger partial charge in [0.1, 0.15) is 5.82 Å². The summed E-state index contributed by atoms with van der Waals surface area (Å²) in [6, 6.07) is 2.75. The van der Waals surface area contributed by atoms with Crippen LogP contribution >= 0.6 is 11.3 Å². The third-order valence-corrected chi connectivity index (χ3v) is 3.17. The van der Waals surface area contributed by atoms with Crippen LogP contribution in [0.3, 0.4) is 0 Å². The summed E-state index contributed by atoms with van der Waals surface area (Å²) in [4.78, 5) is 7.35. The maximum Gasteiger partial charge on any atom is 0.122 e. The van der Waals surface area contributed by atoms with E-state index in [9.17, 15) is 0 Å². The van der Waals surface area contributed by atoms with E-state index >= 15 is 0 Å². The van der Waals surface area contributed by atoms with Gasteiger partial charge < -0.3 is 10.3 Å². The van der Waals surface area contributed by atoms with Gasteiger partial charge in [-0.1, -0.05) is 0 Å². The number of thiophene rings is 1. The van der Waals surface area contributed by atoms with Crippen molar-refractivity contribution in [2.45, 2.75) is 25.9 Å². The van der Waals surface area contributed by atoms with Crippen LogP contribution < -0.4 is 5.32 Å². The molecule has 0 radical (unpaired) electrons. The Hall–Kier alpha value is -1.13. The molecule has 2 N–H and O–H groups in total. The van der Waals surface area contributed by atoms with Crippen LogP contribution in [-0.4, -0.2) is 9.97 Å². The van der Waals surface area contributed by atoms with Crippen LogP contribution in [0.2, 0.25) is 0 Å². The molecule has 0 aliphatic rings. The molecule has 80 valence electrons. The van der Waals surface area contributed by atoms with E-state index in [0.29, 0.717) is 6.04 Å². The second kappa shape index (κ2) is 4.59. The van der Waals surface area contributed by atoms with Gasteiger partial charge >= 0.3 is 0 Å². The minimum atomic E-state index is 0.245. The SMILES string of the molecule is CC(NC(C)c1ncc[nH]1)c1ccsc1. The van der Waals surface area contributed by atoms with Crippen molar-refractivity contribution in [2.75, 3.05) is 0 Å². The van der Waals surface area contributed by atoms with Gasteiger partial charge in [0.15, 0.2) is 0 Å². The van der Waals surface area contributed by atoms with Crippen LogP contribution in [0.4, 0.5) is 0 Å². The Morgan fingerprint density at radius 3 is 2.87 bits per heavy atom. The second-order valence-electron chi connectivity index (χ2n) is 3.64. The highest BCUT2D eigenvalue weighted by Crippen LogP contribution is 2.19. The Labute approximate surface area is 93.6 Å².